The van der Waals surface area contributed by atoms with E-state index in [1.165, 1.54) is 0 Å². The molecule has 1 aromatic carbocycles. The number of aliphatic carboxylic acids is 1. The third-order valence-corrected chi connectivity index (χ3v) is 3.59. The molecule has 0 atom stereocenters. The first-order chi connectivity index (χ1) is 9.20. The summed E-state index contributed by atoms with van der Waals surface area (Å²) in [6, 6.07) is 5.91. The van der Waals surface area contributed by atoms with Gasteiger partial charge in [-0.05, 0) is 35.6 Å². The maximum atomic E-state index is 12.0. The summed E-state index contributed by atoms with van der Waals surface area (Å²) in [6.07, 6.45) is -0.253. The maximum absolute atomic E-state index is 12.0. The molecule has 0 fully saturated rings. The van der Waals surface area contributed by atoms with Crippen LogP contribution in [-0.2, 0) is 16.6 Å². The maximum Gasteiger partial charge on any atom is 0.308 e. The molecule has 20 heavy (non-hydrogen) atoms. The number of aromatic amines is 1. The summed E-state index contributed by atoms with van der Waals surface area (Å²) < 4.78 is 0. The SMILES string of the molecule is Cc1c(CC(=O)O)c(=O)[nH]c2ccc(C(C)(C)C)cc12. The average Bonchev–Trinajstić information content (AvgIpc) is 2.32. The van der Waals surface area contributed by atoms with E-state index in [1.54, 1.807) is 0 Å². The molecule has 0 amide bonds. The van der Waals surface area contributed by atoms with Crippen molar-refractivity contribution >= 4 is 16.9 Å². The van der Waals surface area contributed by atoms with E-state index < -0.39 is 5.97 Å². The molecule has 0 radical (unpaired) electrons. The van der Waals surface area contributed by atoms with Crippen LogP contribution < -0.4 is 5.56 Å². The molecule has 2 N–H and O–H groups in total. The molecule has 0 saturated heterocycles. The van der Waals surface area contributed by atoms with Gasteiger partial charge in [0.15, 0.2) is 0 Å². The zero-order chi connectivity index (χ0) is 15.1. The van der Waals surface area contributed by atoms with Gasteiger partial charge in [-0.3, -0.25) is 9.59 Å². The van der Waals surface area contributed by atoms with Crippen LogP contribution >= 0.6 is 0 Å². The highest BCUT2D eigenvalue weighted by molar-refractivity contribution is 5.85. The quantitative estimate of drug-likeness (QED) is 0.884. The molecule has 1 heterocycles. The highest BCUT2D eigenvalue weighted by atomic mass is 16.4. The Hall–Kier alpha value is -2.10. The van der Waals surface area contributed by atoms with Crippen LogP contribution in [-0.4, -0.2) is 16.1 Å². The molecule has 0 spiro atoms. The molecular weight excluding hydrogens is 254 g/mol. The van der Waals surface area contributed by atoms with Gasteiger partial charge in [0.2, 0.25) is 0 Å². The summed E-state index contributed by atoms with van der Waals surface area (Å²) in [4.78, 5) is 25.6. The van der Waals surface area contributed by atoms with Crippen LogP contribution in [0.15, 0.2) is 23.0 Å². The number of pyridine rings is 1. The Labute approximate surface area is 117 Å². The smallest absolute Gasteiger partial charge is 0.308 e. The van der Waals surface area contributed by atoms with Gasteiger partial charge in [-0.15, -0.1) is 0 Å². The van der Waals surface area contributed by atoms with E-state index in [9.17, 15) is 9.59 Å². The first-order valence-corrected chi connectivity index (χ1v) is 6.58. The van der Waals surface area contributed by atoms with Crippen molar-refractivity contribution in [3.63, 3.8) is 0 Å². The fourth-order valence-electron chi connectivity index (χ4n) is 2.32. The molecular formula is C16H19NO3. The Morgan fingerprint density at radius 1 is 1.30 bits per heavy atom. The summed E-state index contributed by atoms with van der Waals surface area (Å²) in [7, 11) is 0. The second kappa shape index (κ2) is 4.78. The summed E-state index contributed by atoms with van der Waals surface area (Å²) >= 11 is 0. The van der Waals surface area contributed by atoms with Gasteiger partial charge in [0.05, 0.1) is 6.42 Å². The number of benzene rings is 1. The number of rotatable bonds is 2. The number of hydrogen-bond donors (Lipinski definition) is 2. The van der Waals surface area contributed by atoms with Crippen molar-refractivity contribution in [1.29, 1.82) is 0 Å². The van der Waals surface area contributed by atoms with Crippen LogP contribution in [0.3, 0.4) is 0 Å². The van der Waals surface area contributed by atoms with E-state index in [2.05, 4.69) is 25.8 Å². The Kier molecular flexibility index (Phi) is 3.42. The van der Waals surface area contributed by atoms with Crippen molar-refractivity contribution < 1.29 is 9.90 Å². The Morgan fingerprint density at radius 3 is 2.50 bits per heavy atom. The van der Waals surface area contributed by atoms with Crippen molar-refractivity contribution in [3.8, 4) is 0 Å². The number of carboxylic acids is 1. The standard InChI is InChI=1S/C16H19NO3/c1-9-11-7-10(16(2,3)4)5-6-13(11)17-15(20)12(9)8-14(18)19/h5-7H,8H2,1-4H3,(H,17,20)(H,18,19). The average molecular weight is 273 g/mol. The van der Waals surface area contributed by atoms with E-state index in [4.69, 9.17) is 5.11 Å². The Bertz CT molecular complexity index is 736. The molecule has 1 aromatic heterocycles. The third-order valence-electron chi connectivity index (χ3n) is 3.59. The zero-order valence-corrected chi connectivity index (χ0v) is 12.2. The number of carboxylic acid groups (broad SMARTS) is 1. The van der Waals surface area contributed by atoms with E-state index >= 15 is 0 Å². The molecule has 0 aliphatic rings. The first kappa shape index (κ1) is 14.3. The van der Waals surface area contributed by atoms with Gasteiger partial charge < -0.3 is 10.1 Å². The minimum atomic E-state index is -0.995. The van der Waals surface area contributed by atoms with E-state index in [-0.39, 0.29) is 17.4 Å². The van der Waals surface area contributed by atoms with Gasteiger partial charge in [0.25, 0.3) is 5.56 Å². The van der Waals surface area contributed by atoms with Crippen molar-refractivity contribution in [2.75, 3.05) is 0 Å². The van der Waals surface area contributed by atoms with Crippen LogP contribution in [0.5, 0.6) is 0 Å². The Balaban J connectivity index is 2.74. The molecule has 4 heteroatoms. The topological polar surface area (TPSA) is 70.2 Å². The van der Waals surface area contributed by atoms with Crippen LogP contribution in [0.25, 0.3) is 10.9 Å². The van der Waals surface area contributed by atoms with Crippen LogP contribution in [0.1, 0.15) is 37.5 Å². The van der Waals surface area contributed by atoms with Crippen molar-refractivity contribution in [1.82, 2.24) is 4.98 Å². The van der Waals surface area contributed by atoms with Gasteiger partial charge in [0, 0.05) is 16.5 Å². The third kappa shape index (κ3) is 2.59. The minimum absolute atomic E-state index is 0.00370. The largest absolute Gasteiger partial charge is 0.481 e. The van der Waals surface area contributed by atoms with Crippen LogP contribution in [0.4, 0.5) is 0 Å². The molecule has 2 aromatic rings. The van der Waals surface area contributed by atoms with Crippen molar-refractivity contribution in [2.24, 2.45) is 0 Å². The second-order valence-electron chi connectivity index (χ2n) is 6.14. The van der Waals surface area contributed by atoms with Gasteiger partial charge in [0.1, 0.15) is 0 Å². The molecule has 106 valence electrons. The Morgan fingerprint density at radius 2 is 1.95 bits per heavy atom. The predicted molar refractivity (Wildman–Crippen MR) is 79.3 cm³/mol. The number of carbonyl (C=O) groups is 1. The fraction of sp³-hybridized carbons (Fsp3) is 0.375. The summed E-state index contributed by atoms with van der Waals surface area (Å²) in [6.45, 7) is 8.16. The monoisotopic (exact) mass is 273 g/mol. The van der Waals surface area contributed by atoms with E-state index in [0.29, 0.717) is 5.56 Å². The summed E-state index contributed by atoms with van der Waals surface area (Å²) in [5, 5.41) is 9.83. The summed E-state index contributed by atoms with van der Waals surface area (Å²) in [5.41, 5.74) is 2.66. The molecule has 0 aliphatic heterocycles. The second-order valence-corrected chi connectivity index (χ2v) is 6.14. The number of nitrogens with one attached hydrogen (secondary N) is 1. The lowest BCUT2D eigenvalue weighted by Crippen LogP contribution is -2.19. The van der Waals surface area contributed by atoms with E-state index in [1.807, 2.05) is 25.1 Å². The predicted octanol–water partition coefficient (Wildman–Crippen LogP) is 2.76. The molecule has 0 unspecified atom stereocenters. The van der Waals surface area contributed by atoms with Gasteiger partial charge in [-0.1, -0.05) is 26.8 Å². The zero-order valence-electron chi connectivity index (χ0n) is 12.2. The lowest BCUT2D eigenvalue weighted by Gasteiger charge is -2.20. The number of aryl methyl sites for hydroxylation is 1. The highest BCUT2D eigenvalue weighted by Gasteiger charge is 2.17. The number of fused-ring (bicyclic) bond motifs is 1. The number of H-pyrrole nitrogens is 1. The fourth-order valence-corrected chi connectivity index (χ4v) is 2.32. The minimum Gasteiger partial charge on any atom is -0.481 e. The van der Waals surface area contributed by atoms with Gasteiger partial charge in [-0.2, -0.15) is 0 Å². The van der Waals surface area contributed by atoms with Gasteiger partial charge in [-0.25, -0.2) is 0 Å². The van der Waals surface area contributed by atoms with Crippen molar-refractivity contribution in [3.05, 3.63) is 45.2 Å². The lowest BCUT2D eigenvalue weighted by atomic mass is 9.85. The lowest BCUT2D eigenvalue weighted by molar-refractivity contribution is -0.136. The van der Waals surface area contributed by atoms with Crippen LogP contribution in [0, 0.1) is 6.92 Å². The molecule has 4 nitrogen and oxygen atoms in total. The van der Waals surface area contributed by atoms with E-state index in [0.717, 1.165) is 22.0 Å². The number of aromatic nitrogens is 1. The van der Waals surface area contributed by atoms with Crippen LogP contribution in [0.2, 0.25) is 0 Å². The normalized spacial score (nSPS) is 11.8. The molecule has 2 rings (SSSR count). The molecule has 0 bridgehead atoms. The summed E-state index contributed by atoms with van der Waals surface area (Å²) in [5.74, 6) is -0.995. The molecule has 0 saturated carbocycles. The van der Waals surface area contributed by atoms with Crippen molar-refractivity contribution in [2.45, 2.75) is 39.5 Å². The molecule has 0 aliphatic carbocycles. The number of hydrogen-bond acceptors (Lipinski definition) is 2. The van der Waals surface area contributed by atoms with Gasteiger partial charge >= 0.3 is 5.97 Å². The first-order valence-electron chi connectivity index (χ1n) is 6.58. The highest BCUT2D eigenvalue weighted by Crippen LogP contribution is 2.27.